The van der Waals surface area contributed by atoms with Crippen molar-refractivity contribution in [3.8, 4) is 11.4 Å². The van der Waals surface area contributed by atoms with E-state index in [1.807, 2.05) is 6.07 Å². The molecule has 1 saturated carbocycles. The van der Waals surface area contributed by atoms with Crippen LogP contribution in [-0.2, 0) is 12.8 Å². The Labute approximate surface area is 183 Å². The summed E-state index contributed by atoms with van der Waals surface area (Å²) in [7, 11) is 0. The van der Waals surface area contributed by atoms with Gasteiger partial charge in [-0.05, 0) is 43.2 Å². The Morgan fingerprint density at radius 1 is 1.00 bits per heavy atom. The number of hydrogen-bond acceptors (Lipinski definition) is 4. The second kappa shape index (κ2) is 8.68. The monoisotopic (exact) mass is 437 g/mol. The number of hydrogen-bond donors (Lipinski definition) is 1. The molecule has 5 nitrogen and oxygen atoms in total. The van der Waals surface area contributed by atoms with Gasteiger partial charge in [0.25, 0.3) is 0 Å². The molecule has 1 aliphatic rings. The van der Waals surface area contributed by atoms with E-state index >= 15 is 0 Å². The summed E-state index contributed by atoms with van der Waals surface area (Å²) in [6, 6.07) is 3.99. The zero-order chi connectivity index (χ0) is 22.1. The van der Waals surface area contributed by atoms with Gasteiger partial charge in [0.2, 0.25) is 0 Å². The maximum absolute atomic E-state index is 14.6. The zero-order valence-corrected chi connectivity index (χ0v) is 17.4. The van der Waals surface area contributed by atoms with Crippen molar-refractivity contribution in [2.24, 2.45) is 11.8 Å². The standard InChI is InChI=1S/C24H22F3N5/c25-16-9-18-19(11-29-23(18)20(26)10-16)24-30-12-21(27)22(32-24)8-15-3-1-2-14(6-15)7-17-4-5-28-13-31-17/h4-5,9-15,29H,1-3,6-8H2/t14-,15+/m0/s1. The molecule has 0 saturated heterocycles. The molecule has 0 amide bonds. The minimum atomic E-state index is -0.689. The lowest BCUT2D eigenvalue weighted by Gasteiger charge is -2.29. The molecule has 8 heteroatoms. The number of nitrogens with zero attached hydrogens (tertiary/aromatic N) is 4. The first-order valence-electron chi connectivity index (χ1n) is 10.8. The molecule has 0 aliphatic heterocycles. The first-order valence-corrected chi connectivity index (χ1v) is 10.8. The van der Waals surface area contributed by atoms with Crippen LogP contribution in [0.15, 0.2) is 43.1 Å². The summed E-state index contributed by atoms with van der Waals surface area (Å²) in [5.74, 6) is -0.770. The summed E-state index contributed by atoms with van der Waals surface area (Å²) in [6.07, 6.45) is 11.6. The van der Waals surface area contributed by atoms with Gasteiger partial charge >= 0.3 is 0 Å². The lowest BCUT2D eigenvalue weighted by Crippen LogP contribution is -2.20. The molecule has 32 heavy (non-hydrogen) atoms. The summed E-state index contributed by atoms with van der Waals surface area (Å²) < 4.78 is 42.4. The van der Waals surface area contributed by atoms with Crippen LogP contribution in [0.5, 0.6) is 0 Å². The number of H-pyrrole nitrogens is 1. The van der Waals surface area contributed by atoms with Gasteiger partial charge in [0, 0.05) is 35.1 Å². The molecule has 2 atom stereocenters. The molecule has 1 N–H and O–H groups in total. The molecule has 3 heterocycles. The van der Waals surface area contributed by atoms with E-state index in [4.69, 9.17) is 0 Å². The molecule has 164 valence electrons. The van der Waals surface area contributed by atoms with Crippen LogP contribution >= 0.6 is 0 Å². The van der Waals surface area contributed by atoms with Gasteiger partial charge in [0.15, 0.2) is 11.6 Å². The van der Waals surface area contributed by atoms with E-state index in [-0.39, 0.29) is 11.3 Å². The van der Waals surface area contributed by atoms with Gasteiger partial charge < -0.3 is 4.98 Å². The van der Waals surface area contributed by atoms with Crippen molar-refractivity contribution >= 4 is 10.9 Å². The fourth-order valence-corrected chi connectivity index (χ4v) is 4.80. The Bertz CT molecular complexity index is 1240. The van der Waals surface area contributed by atoms with E-state index in [0.717, 1.165) is 50.1 Å². The minimum absolute atomic E-state index is 0.177. The Balaban J connectivity index is 1.37. The number of aromatic nitrogens is 5. The van der Waals surface area contributed by atoms with Crippen molar-refractivity contribution in [3.63, 3.8) is 0 Å². The fourth-order valence-electron chi connectivity index (χ4n) is 4.80. The number of fused-ring (bicyclic) bond motifs is 1. The average Bonchev–Trinajstić information content (AvgIpc) is 3.20. The Hall–Kier alpha value is -3.29. The zero-order valence-electron chi connectivity index (χ0n) is 17.4. The van der Waals surface area contributed by atoms with Crippen LogP contribution in [0.4, 0.5) is 13.2 Å². The van der Waals surface area contributed by atoms with Crippen molar-refractivity contribution in [1.29, 1.82) is 0 Å². The molecule has 0 spiro atoms. The predicted molar refractivity (Wildman–Crippen MR) is 114 cm³/mol. The number of benzene rings is 1. The van der Waals surface area contributed by atoms with E-state index in [1.54, 1.807) is 12.5 Å². The highest BCUT2D eigenvalue weighted by molar-refractivity contribution is 5.94. The van der Waals surface area contributed by atoms with Crippen molar-refractivity contribution in [3.05, 3.63) is 72.0 Å². The molecule has 1 aliphatic carbocycles. The van der Waals surface area contributed by atoms with Crippen LogP contribution in [-0.4, -0.2) is 24.9 Å². The lowest BCUT2D eigenvalue weighted by molar-refractivity contribution is 0.259. The lowest BCUT2D eigenvalue weighted by atomic mass is 9.77. The summed E-state index contributed by atoms with van der Waals surface area (Å²) in [4.78, 5) is 19.6. The van der Waals surface area contributed by atoms with E-state index in [0.29, 0.717) is 34.9 Å². The van der Waals surface area contributed by atoms with Crippen molar-refractivity contribution in [1.82, 2.24) is 24.9 Å². The normalized spacial score (nSPS) is 18.8. The van der Waals surface area contributed by atoms with Gasteiger partial charge in [-0.3, -0.25) is 0 Å². The van der Waals surface area contributed by atoms with Crippen LogP contribution in [0.3, 0.4) is 0 Å². The molecule has 0 radical (unpaired) electrons. The molecule has 4 aromatic rings. The van der Waals surface area contributed by atoms with Gasteiger partial charge in [-0.25, -0.2) is 33.1 Å². The van der Waals surface area contributed by atoms with E-state index < -0.39 is 17.5 Å². The SMILES string of the molecule is Fc1cc(F)c2[nH]cc(-c3ncc(F)c(C[C@@H]4CCC[C@H](Cc5ccncn5)C4)n3)c2c1. The third kappa shape index (κ3) is 4.22. The van der Waals surface area contributed by atoms with E-state index in [1.165, 1.54) is 12.3 Å². The molecule has 1 aromatic carbocycles. The Morgan fingerprint density at radius 2 is 1.84 bits per heavy atom. The smallest absolute Gasteiger partial charge is 0.163 e. The number of aromatic amines is 1. The van der Waals surface area contributed by atoms with Crippen molar-refractivity contribution in [2.45, 2.75) is 38.5 Å². The molecule has 5 rings (SSSR count). The summed E-state index contributed by atoms with van der Waals surface area (Å²) in [6.45, 7) is 0. The van der Waals surface area contributed by atoms with Crippen LogP contribution in [0.2, 0.25) is 0 Å². The second-order valence-electron chi connectivity index (χ2n) is 8.51. The largest absolute Gasteiger partial charge is 0.358 e. The third-order valence-corrected chi connectivity index (χ3v) is 6.28. The van der Waals surface area contributed by atoms with Gasteiger partial charge in [0.1, 0.15) is 18.0 Å². The van der Waals surface area contributed by atoms with Crippen LogP contribution in [0, 0.1) is 29.3 Å². The highest BCUT2D eigenvalue weighted by Crippen LogP contribution is 2.34. The highest BCUT2D eigenvalue weighted by Gasteiger charge is 2.25. The number of nitrogens with one attached hydrogen (secondary N) is 1. The van der Waals surface area contributed by atoms with E-state index in [2.05, 4.69) is 24.9 Å². The van der Waals surface area contributed by atoms with Gasteiger partial charge in [-0.15, -0.1) is 0 Å². The molecule has 0 unspecified atom stereocenters. The van der Waals surface area contributed by atoms with Gasteiger partial charge in [0.05, 0.1) is 17.4 Å². The number of rotatable bonds is 5. The second-order valence-corrected chi connectivity index (χ2v) is 8.51. The predicted octanol–water partition coefficient (Wildman–Crippen LogP) is 5.42. The minimum Gasteiger partial charge on any atom is -0.358 e. The third-order valence-electron chi connectivity index (χ3n) is 6.28. The van der Waals surface area contributed by atoms with Crippen molar-refractivity contribution < 1.29 is 13.2 Å². The van der Waals surface area contributed by atoms with Gasteiger partial charge in [-0.2, -0.15) is 0 Å². The summed E-state index contributed by atoms with van der Waals surface area (Å²) >= 11 is 0. The quantitative estimate of drug-likeness (QED) is 0.453. The first-order chi connectivity index (χ1) is 15.6. The molecule has 1 fully saturated rings. The van der Waals surface area contributed by atoms with Gasteiger partial charge in [-0.1, -0.05) is 19.3 Å². The van der Waals surface area contributed by atoms with Crippen molar-refractivity contribution in [2.75, 3.05) is 0 Å². The van der Waals surface area contributed by atoms with Crippen LogP contribution in [0.1, 0.15) is 37.1 Å². The summed E-state index contributed by atoms with van der Waals surface area (Å²) in [5.41, 5.74) is 1.99. The van der Waals surface area contributed by atoms with Crippen LogP contribution in [0.25, 0.3) is 22.3 Å². The molecule has 3 aromatic heterocycles. The topological polar surface area (TPSA) is 67.3 Å². The first kappa shape index (κ1) is 20.6. The summed E-state index contributed by atoms with van der Waals surface area (Å²) in [5, 5.41) is 0.336. The molecule has 0 bridgehead atoms. The fraction of sp³-hybridized carbons (Fsp3) is 0.333. The number of halogens is 3. The Kier molecular flexibility index (Phi) is 5.59. The van der Waals surface area contributed by atoms with Crippen LogP contribution < -0.4 is 0 Å². The maximum Gasteiger partial charge on any atom is 0.163 e. The van der Waals surface area contributed by atoms with E-state index in [9.17, 15) is 13.2 Å². The highest BCUT2D eigenvalue weighted by atomic mass is 19.1. The molecular weight excluding hydrogens is 415 g/mol. The average molecular weight is 437 g/mol. The molecular formula is C24H22F3N5. The Morgan fingerprint density at radius 3 is 2.66 bits per heavy atom. The maximum atomic E-state index is 14.6.